The van der Waals surface area contributed by atoms with Crippen LogP contribution in [0.25, 0.3) is 0 Å². The highest BCUT2D eigenvalue weighted by molar-refractivity contribution is 9.10. The molecule has 16 heavy (non-hydrogen) atoms. The van der Waals surface area contributed by atoms with E-state index in [2.05, 4.69) is 36.2 Å². The average molecular weight is 284 g/mol. The Kier molecular flexibility index (Phi) is 2.97. The quantitative estimate of drug-likeness (QED) is 0.881. The first kappa shape index (κ1) is 11.2. The van der Waals surface area contributed by atoms with Gasteiger partial charge in [-0.1, -0.05) is 5.21 Å². The minimum Gasteiger partial charge on any atom is -0.379 e. The van der Waals surface area contributed by atoms with Gasteiger partial charge in [-0.05, 0) is 28.4 Å². The third-order valence-electron chi connectivity index (χ3n) is 2.13. The fraction of sp³-hybridized carbons (Fsp3) is 0.333. The maximum atomic E-state index is 10.1. The number of hydrogen-bond acceptors (Lipinski definition) is 5. The van der Waals surface area contributed by atoms with Crippen LogP contribution in [0.3, 0.4) is 0 Å². The van der Waals surface area contributed by atoms with Crippen LogP contribution in [0.4, 0.5) is 0 Å². The smallest absolute Gasteiger partial charge is 0.163 e. The Morgan fingerprint density at radius 2 is 2.00 bits per heavy atom. The number of aryl methyl sites for hydroxylation is 2. The zero-order chi connectivity index (χ0) is 11.7. The summed E-state index contributed by atoms with van der Waals surface area (Å²) in [6.07, 6.45) is 2.38. The molecule has 0 saturated carbocycles. The lowest BCUT2D eigenvalue weighted by molar-refractivity contribution is 0.198. The van der Waals surface area contributed by atoms with Gasteiger partial charge < -0.3 is 5.11 Å². The Morgan fingerprint density at radius 1 is 1.38 bits per heavy atom. The fourth-order valence-electron chi connectivity index (χ4n) is 1.30. The maximum Gasteiger partial charge on any atom is 0.163 e. The summed E-state index contributed by atoms with van der Waals surface area (Å²) in [4.78, 5) is 8.13. The van der Waals surface area contributed by atoms with E-state index in [1.54, 1.807) is 19.4 Å². The van der Waals surface area contributed by atoms with Crippen molar-refractivity contribution in [2.24, 2.45) is 7.05 Å². The summed E-state index contributed by atoms with van der Waals surface area (Å²) in [7, 11) is 1.70. The van der Waals surface area contributed by atoms with Crippen LogP contribution in [0.15, 0.2) is 17.0 Å². The number of hydrogen-bond donors (Lipinski definition) is 1. The molecule has 0 fully saturated rings. The first-order valence-electron chi connectivity index (χ1n) is 4.61. The van der Waals surface area contributed by atoms with Crippen LogP contribution >= 0.6 is 15.9 Å². The molecule has 0 saturated heterocycles. The first-order valence-corrected chi connectivity index (χ1v) is 5.40. The molecule has 2 aromatic heterocycles. The maximum absolute atomic E-state index is 10.1. The molecule has 0 bridgehead atoms. The highest BCUT2D eigenvalue weighted by Gasteiger charge is 2.21. The lowest BCUT2D eigenvalue weighted by Gasteiger charge is -2.09. The van der Waals surface area contributed by atoms with Crippen LogP contribution < -0.4 is 0 Å². The van der Waals surface area contributed by atoms with Gasteiger partial charge in [-0.3, -0.25) is 0 Å². The molecule has 0 aromatic carbocycles. The Labute approximate surface area is 100 Å². The summed E-state index contributed by atoms with van der Waals surface area (Å²) in [6.45, 7) is 1.89. The van der Waals surface area contributed by atoms with E-state index in [9.17, 15) is 5.11 Å². The van der Waals surface area contributed by atoms with Gasteiger partial charge in [0.15, 0.2) is 16.5 Å². The topological polar surface area (TPSA) is 76.7 Å². The lowest BCUT2D eigenvalue weighted by atomic mass is 10.2. The number of aliphatic hydroxyl groups excluding tert-OH is 1. The molecule has 2 rings (SSSR count). The van der Waals surface area contributed by atoms with Crippen LogP contribution in [0.5, 0.6) is 0 Å². The molecule has 84 valence electrons. The Bertz CT molecular complexity index is 476. The molecule has 6 nitrogen and oxygen atoms in total. The fourth-order valence-corrected chi connectivity index (χ4v) is 1.84. The lowest BCUT2D eigenvalue weighted by Crippen LogP contribution is -2.10. The van der Waals surface area contributed by atoms with Crippen molar-refractivity contribution < 1.29 is 5.11 Å². The Morgan fingerprint density at radius 3 is 2.50 bits per heavy atom. The van der Waals surface area contributed by atoms with Gasteiger partial charge in [0.1, 0.15) is 5.69 Å². The summed E-state index contributed by atoms with van der Waals surface area (Å²) in [5.41, 5.74) is 1.47. The Hall–Kier alpha value is -1.34. The summed E-state index contributed by atoms with van der Waals surface area (Å²) < 4.78 is 1.98. The van der Waals surface area contributed by atoms with Crippen molar-refractivity contribution in [1.29, 1.82) is 0 Å². The monoisotopic (exact) mass is 283 g/mol. The van der Waals surface area contributed by atoms with E-state index in [-0.39, 0.29) is 0 Å². The molecule has 0 radical (unpaired) electrons. The molecule has 1 N–H and O–H groups in total. The molecule has 0 aliphatic rings. The van der Waals surface area contributed by atoms with Gasteiger partial charge >= 0.3 is 0 Å². The molecule has 2 aromatic rings. The van der Waals surface area contributed by atoms with Crippen LogP contribution in [0.1, 0.15) is 23.2 Å². The predicted octanol–water partition coefficient (Wildman–Crippen LogP) is 0.758. The molecule has 1 unspecified atom stereocenters. The van der Waals surface area contributed by atoms with Gasteiger partial charge in [0.2, 0.25) is 0 Å². The highest BCUT2D eigenvalue weighted by Crippen LogP contribution is 2.23. The van der Waals surface area contributed by atoms with Crippen molar-refractivity contribution in [2.75, 3.05) is 0 Å². The van der Waals surface area contributed by atoms with E-state index in [0.29, 0.717) is 16.1 Å². The van der Waals surface area contributed by atoms with Crippen LogP contribution in [0.2, 0.25) is 0 Å². The molecule has 0 amide bonds. The molecule has 7 heteroatoms. The normalized spacial score (nSPS) is 12.8. The van der Waals surface area contributed by atoms with Crippen LogP contribution in [-0.4, -0.2) is 30.1 Å². The highest BCUT2D eigenvalue weighted by atomic mass is 79.9. The molecular formula is C9H10BrN5O. The third kappa shape index (κ3) is 1.96. The van der Waals surface area contributed by atoms with Crippen molar-refractivity contribution in [3.63, 3.8) is 0 Å². The SMILES string of the molecule is Cc1cnc(C(O)c2c(Br)nnn2C)nc1. The molecule has 0 spiro atoms. The van der Waals surface area contributed by atoms with Crippen molar-refractivity contribution in [2.45, 2.75) is 13.0 Å². The van der Waals surface area contributed by atoms with Crippen molar-refractivity contribution in [1.82, 2.24) is 25.0 Å². The van der Waals surface area contributed by atoms with Gasteiger partial charge in [-0.15, -0.1) is 5.10 Å². The second kappa shape index (κ2) is 4.26. The number of halogens is 1. The standard InChI is InChI=1S/C9H10BrN5O/c1-5-3-11-9(12-4-5)7(16)6-8(10)13-14-15(6)2/h3-4,7,16H,1-2H3. The van der Waals surface area contributed by atoms with Crippen LogP contribution in [-0.2, 0) is 7.05 Å². The second-order valence-corrected chi connectivity index (χ2v) is 4.16. The summed E-state index contributed by atoms with van der Waals surface area (Å²) >= 11 is 3.22. The van der Waals surface area contributed by atoms with E-state index >= 15 is 0 Å². The van der Waals surface area contributed by atoms with Gasteiger partial charge in [-0.25, -0.2) is 14.6 Å². The number of aromatic nitrogens is 5. The molecule has 0 aliphatic carbocycles. The molecule has 2 heterocycles. The van der Waals surface area contributed by atoms with E-state index < -0.39 is 6.10 Å². The van der Waals surface area contributed by atoms with Gasteiger partial charge in [0, 0.05) is 19.4 Å². The van der Waals surface area contributed by atoms with Crippen molar-refractivity contribution in [3.8, 4) is 0 Å². The number of rotatable bonds is 2. The summed E-state index contributed by atoms with van der Waals surface area (Å²) in [5, 5.41) is 17.7. The van der Waals surface area contributed by atoms with E-state index in [1.165, 1.54) is 4.68 Å². The molecular weight excluding hydrogens is 274 g/mol. The third-order valence-corrected chi connectivity index (χ3v) is 2.70. The van der Waals surface area contributed by atoms with Crippen molar-refractivity contribution in [3.05, 3.63) is 34.1 Å². The minimum atomic E-state index is -0.935. The van der Waals surface area contributed by atoms with E-state index in [4.69, 9.17) is 0 Å². The average Bonchev–Trinajstić information content (AvgIpc) is 2.59. The second-order valence-electron chi connectivity index (χ2n) is 3.41. The van der Waals surface area contributed by atoms with Gasteiger partial charge in [0.25, 0.3) is 0 Å². The zero-order valence-electron chi connectivity index (χ0n) is 8.79. The van der Waals surface area contributed by atoms with Crippen molar-refractivity contribution >= 4 is 15.9 Å². The van der Waals surface area contributed by atoms with Gasteiger partial charge in [-0.2, -0.15) is 0 Å². The molecule has 0 aliphatic heterocycles. The Balaban J connectivity index is 2.39. The minimum absolute atomic E-state index is 0.330. The van der Waals surface area contributed by atoms with Crippen LogP contribution in [0, 0.1) is 6.92 Å². The molecule has 1 atom stereocenters. The zero-order valence-corrected chi connectivity index (χ0v) is 10.4. The first-order chi connectivity index (χ1) is 7.59. The number of nitrogens with zero attached hydrogens (tertiary/aromatic N) is 5. The summed E-state index contributed by atoms with van der Waals surface area (Å²) in [6, 6.07) is 0. The van der Waals surface area contributed by atoms with E-state index in [0.717, 1.165) is 5.56 Å². The number of aliphatic hydroxyl groups is 1. The van der Waals surface area contributed by atoms with Gasteiger partial charge in [0.05, 0.1) is 0 Å². The van der Waals surface area contributed by atoms with E-state index in [1.807, 2.05) is 6.92 Å². The predicted molar refractivity (Wildman–Crippen MR) is 59.5 cm³/mol. The summed E-state index contributed by atoms with van der Waals surface area (Å²) in [5.74, 6) is 0.330. The largest absolute Gasteiger partial charge is 0.379 e.